The second-order valence-corrected chi connectivity index (χ2v) is 7.88. The Morgan fingerprint density at radius 3 is 2.50 bits per heavy atom. The van der Waals surface area contributed by atoms with Crippen LogP contribution in [0.1, 0.15) is 45.4 Å². The number of carbonyl (C=O) groups is 1. The van der Waals surface area contributed by atoms with Gasteiger partial charge in [0.1, 0.15) is 11.5 Å². The molecule has 24 heavy (non-hydrogen) atoms. The fourth-order valence-electron chi connectivity index (χ4n) is 2.95. The predicted molar refractivity (Wildman–Crippen MR) is 102 cm³/mol. The highest BCUT2D eigenvalue weighted by molar-refractivity contribution is 8.01. The van der Waals surface area contributed by atoms with Gasteiger partial charge in [-0.05, 0) is 25.3 Å². The van der Waals surface area contributed by atoms with Gasteiger partial charge < -0.3 is 14.8 Å². The van der Waals surface area contributed by atoms with Crippen LogP contribution in [0.3, 0.4) is 0 Å². The molecule has 6 heteroatoms. The van der Waals surface area contributed by atoms with E-state index in [9.17, 15) is 4.79 Å². The van der Waals surface area contributed by atoms with Gasteiger partial charge in [0.25, 0.3) is 0 Å². The van der Waals surface area contributed by atoms with Crippen LogP contribution in [0.15, 0.2) is 12.1 Å². The molecule has 0 bridgehead atoms. The van der Waals surface area contributed by atoms with E-state index in [1.807, 2.05) is 11.8 Å². The van der Waals surface area contributed by atoms with Gasteiger partial charge in [0.15, 0.2) is 0 Å². The number of benzene rings is 1. The number of anilines is 1. The molecule has 0 spiro atoms. The Morgan fingerprint density at radius 1 is 1.25 bits per heavy atom. The summed E-state index contributed by atoms with van der Waals surface area (Å²) in [6.45, 7) is 2.05. The summed E-state index contributed by atoms with van der Waals surface area (Å²) in [5, 5.41) is 3.95. The lowest BCUT2D eigenvalue weighted by Crippen LogP contribution is -2.27. The summed E-state index contributed by atoms with van der Waals surface area (Å²) in [6, 6.07) is 3.36. The first-order valence-corrected chi connectivity index (χ1v) is 9.79. The third-order valence-electron chi connectivity index (χ3n) is 4.30. The van der Waals surface area contributed by atoms with Crippen LogP contribution in [0.25, 0.3) is 0 Å². The molecule has 4 nitrogen and oxygen atoms in total. The molecule has 1 atom stereocenters. The van der Waals surface area contributed by atoms with Crippen LogP contribution in [-0.4, -0.2) is 30.6 Å². The largest absolute Gasteiger partial charge is 0.495 e. The van der Waals surface area contributed by atoms with Crippen molar-refractivity contribution in [3.63, 3.8) is 0 Å². The minimum Gasteiger partial charge on any atom is -0.495 e. The zero-order valence-electron chi connectivity index (χ0n) is 14.6. The Hall–Kier alpha value is -1.07. The number of amides is 1. The molecule has 1 fully saturated rings. The molecule has 134 valence electrons. The van der Waals surface area contributed by atoms with Gasteiger partial charge in [-0.25, -0.2) is 0 Å². The van der Waals surface area contributed by atoms with E-state index in [1.54, 1.807) is 26.4 Å². The molecule has 1 saturated carbocycles. The van der Waals surface area contributed by atoms with Crippen molar-refractivity contribution >= 4 is 35.0 Å². The minimum absolute atomic E-state index is 0.00704. The maximum absolute atomic E-state index is 12.7. The number of rotatable bonds is 7. The molecule has 1 aliphatic rings. The zero-order valence-corrected chi connectivity index (χ0v) is 16.1. The Morgan fingerprint density at radius 2 is 1.92 bits per heavy atom. The van der Waals surface area contributed by atoms with E-state index in [-0.39, 0.29) is 11.2 Å². The lowest BCUT2D eigenvalue weighted by molar-refractivity contribution is -0.115. The normalized spacial score (nSPS) is 16.5. The highest BCUT2D eigenvalue weighted by atomic mass is 35.5. The van der Waals surface area contributed by atoms with Gasteiger partial charge in [0.05, 0.1) is 30.2 Å². The molecule has 1 N–H and O–H groups in total. The first kappa shape index (κ1) is 19.3. The lowest BCUT2D eigenvalue weighted by Gasteiger charge is -2.25. The summed E-state index contributed by atoms with van der Waals surface area (Å²) in [5.41, 5.74) is 0.580. The van der Waals surface area contributed by atoms with Gasteiger partial charge in [-0.1, -0.05) is 37.8 Å². The van der Waals surface area contributed by atoms with Crippen molar-refractivity contribution in [2.24, 2.45) is 0 Å². The number of methoxy groups -OCH3 is 2. The Kier molecular flexibility index (Phi) is 7.56. The number of nitrogens with one attached hydrogen (secondary N) is 1. The van der Waals surface area contributed by atoms with E-state index < -0.39 is 0 Å². The molecule has 0 radical (unpaired) electrons. The quantitative estimate of drug-likeness (QED) is 0.720. The van der Waals surface area contributed by atoms with Crippen LogP contribution >= 0.6 is 23.4 Å². The third-order valence-corrected chi connectivity index (χ3v) is 6.33. The highest BCUT2D eigenvalue weighted by Gasteiger charge is 2.24. The lowest BCUT2D eigenvalue weighted by atomic mass is 10.0. The summed E-state index contributed by atoms with van der Waals surface area (Å²) < 4.78 is 10.5. The van der Waals surface area contributed by atoms with Crippen LogP contribution in [0.4, 0.5) is 5.69 Å². The topological polar surface area (TPSA) is 47.6 Å². The summed E-state index contributed by atoms with van der Waals surface area (Å²) in [6.07, 6.45) is 7.11. The fourth-order valence-corrected chi connectivity index (χ4v) is 4.63. The third kappa shape index (κ3) is 4.96. The van der Waals surface area contributed by atoms with Crippen molar-refractivity contribution in [2.75, 3.05) is 19.5 Å². The molecule has 1 amide bonds. The Bertz CT molecular complexity index is 561. The molecule has 0 aromatic heterocycles. The summed E-state index contributed by atoms with van der Waals surface area (Å²) in [5.74, 6) is 1.07. The van der Waals surface area contributed by atoms with E-state index in [2.05, 4.69) is 12.2 Å². The molecular weight excluding hydrogens is 346 g/mol. The zero-order chi connectivity index (χ0) is 17.5. The van der Waals surface area contributed by atoms with Gasteiger partial charge in [0, 0.05) is 11.3 Å². The van der Waals surface area contributed by atoms with Crippen LogP contribution in [0.5, 0.6) is 11.5 Å². The van der Waals surface area contributed by atoms with Gasteiger partial charge in [-0.3, -0.25) is 4.79 Å². The SMILES string of the molecule is CCC(SC1CCCCC1)C(=O)Nc1cc(Cl)c(OC)cc1OC. The summed E-state index contributed by atoms with van der Waals surface area (Å²) >= 11 is 7.98. The van der Waals surface area contributed by atoms with Gasteiger partial charge in [-0.15, -0.1) is 11.8 Å². The van der Waals surface area contributed by atoms with Gasteiger partial charge in [-0.2, -0.15) is 0 Å². The van der Waals surface area contributed by atoms with Gasteiger partial charge in [0.2, 0.25) is 5.91 Å². The number of hydrogen-bond acceptors (Lipinski definition) is 4. The second kappa shape index (κ2) is 9.42. The molecule has 1 unspecified atom stereocenters. The van der Waals surface area contributed by atoms with Crippen molar-refractivity contribution < 1.29 is 14.3 Å². The van der Waals surface area contributed by atoms with Crippen LogP contribution < -0.4 is 14.8 Å². The first-order valence-electron chi connectivity index (χ1n) is 8.46. The Balaban J connectivity index is 2.07. The highest BCUT2D eigenvalue weighted by Crippen LogP contribution is 2.37. The van der Waals surface area contributed by atoms with E-state index in [4.69, 9.17) is 21.1 Å². The van der Waals surface area contributed by atoms with E-state index in [1.165, 1.54) is 32.1 Å². The maximum atomic E-state index is 12.7. The van der Waals surface area contributed by atoms with E-state index in [0.29, 0.717) is 27.5 Å². The van der Waals surface area contributed by atoms with Crippen molar-refractivity contribution in [3.05, 3.63) is 17.2 Å². The molecular formula is C18H26ClNO3S. The smallest absolute Gasteiger partial charge is 0.237 e. The van der Waals surface area contributed by atoms with Crippen molar-refractivity contribution in [1.29, 1.82) is 0 Å². The van der Waals surface area contributed by atoms with Crippen LogP contribution in [-0.2, 0) is 4.79 Å². The van der Waals surface area contributed by atoms with Crippen LogP contribution in [0.2, 0.25) is 5.02 Å². The second-order valence-electron chi connectivity index (χ2n) is 5.97. The molecule has 0 saturated heterocycles. The van der Waals surface area contributed by atoms with Crippen molar-refractivity contribution in [2.45, 2.75) is 55.9 Å². The number of halogens is 1. The minimum atomic E-state index is -0.0568. The molecule has 2 rings (SSSR count). The van der Waals surface area contributed by atoms with E-state index in [0.717, 1.165) is 6.42 Å². The summed E-state index contributed by atoms with van der Waals surface area (Å²) in [7, 11) is 3.11. The Labute approximate surface area is 153 Å². The average molecular weight is 372 g/mol. The number of hydrogen-bond donors (Lipinski definition) is 1. The monoisotopic (exact) mass is 371 g/mol. The van der Waals surface area contributed by atoms with Crippen LogP contribution in [0, 0.1) is 0 Å². The van der Waals surface area contributed by atoms with Gasteiger partial charge >= 0.3 is 0 Å². The molecule has 0 aliphatic heterocycles. The standard InChI is InChI=1S/C18H26ClNO3S/c1-4-17(24-12-8-6-5-7-9-12)18(21)20-14-10-13(19)15(22-2)11-16(14)23-3/h10-12,17H,4-9H2,1-3H3,(H,20,21). The van der Waals surface area contributed by atoms with E-state index >= 15 is 0 Å². The molecule has 0 heterocycles. The van der Waals surface area contributed by atoms with Crippen molar-refractivity contribution in [1.82, 2.24) is 0 Å². The maximum Gasteiger partial charge on any atom is 0.237 e. The molecule has 1 aliphatic carbocycles. The number of carbonyl (C=O) groups excluding carboxylic acids is 1. The number of ether oxygens (including phenoxy) is 2. The molecule has 1 aromatic carbocycles. The molecule has 1 aromatic rings. The van der Waals surface area contributed by atoms with Crippen molar-refractivity contribution in [3.8, 4) is 11.5 Å². The predicted octanol–water partition coefficient (Wildman–Crippen LogP) is 5.14. The average Bonchev–Trinajstić information content (AvgIpc) is 2.60. The number of thioether (sulfide) groups is 1. The fraction of sp³-hybridized carbons (Fsp3) is 0.611. The first-order chi connectivity index (χ1) is 11.6. The summed E-state index contributed by atoms with van der Waals surface area (Å²) in [4.78, 5) is 12.7.